The van der Waals surface area contributed by atoms with E-state index in [1.54, 1.807) is 43.6 Å². The van der Waals surface area contributed by atoms with Gasteiger partial charge in [0, 0.05) is 47.6 Å². The Hall–Kier alpha value is -3.51. The number of ether oxygens (including phenoxy) is 1. The van der Waals surface area contributed by atoms with Gasteiger partial charge in [0.1, 0.15) is 17.3 Å². The highest BCUT2D eigenvalue weighted by molar-refractivity contribution is 7.91. The number of halogens is 2. The SMILES string of the molecule is COC[C@H](C)N[C@@H]1CC=C(c2cnc(N)c3c(-c4ccc(NS(=O)(=O)Cc5ccccc5Cl)c(F)c4)nn(C(C)C)c23)CC1. The molecule has 1 aliphatic rings. The molecule has 0 aliphatic heterocycles. The first-order chi connectivity index (χ1) is 21.0. The first kappa shape index (κ1) is 31.9. The number of methoxy groups -OCH3 is 1. The number of nitrogen functional groups attached to an aromatic ring is 1. The lowest BCUT2D eigenvalue weighted by Crippen LogP contribution is -2.39. The highest BCUT2D eigenvalue weighted by atomic mass is 35.5. The maximum absolute atomic E-state index is 15.4. The van der Waals surface area contributed by atoms with Gasteiger partial charge in [-0.25, -0.2) is 17.8 Å². The number of sulfonamides is 1. The molecule has 0 radical (unpaired) electrons. The molecule has 2 aromatic heterocycles. The Balaban J connectivity index is 1.47. The largest absolute Gasteiger partial charge is 0.383 e. The summed E-state index contributed by atoms with van der Waals surface area (Å²) in [6.07, 6.45) is 6.74. The number of hydrogen-bond donors (Lipinski definition) is 3. The van der Waals surface area contributed by atoms with Crippen LogP contribution in [0, 0.1) is 5.82 Å². The van der Waals surface area contributed by atoms with Crippen molar-refractivity contribution < 1.29 is 17.5 Å². The standard InChI is InChI=1S/C32H38ClFN6O3S/c1-19(2)40-31-25(21-9-12-24(13-10-21)37-20(3)17-43-4)16-36-32(35)29(31)30(38-40)22-11-14-28(27(34)15-22)39-44(41,42)18-23-7-5-6-8-26(23)33/h5-9,11,14-16,19-20,24,37,39H,10,12-13,17-18H2,1-4H3,(H2,35,36)/t20-,24+/m0/s1. The van der Waals surface area contributed by atoms with Gasteiger partial charge < -0.3 is 15.8 Å². The number of nitrogens with two attached hydrogens (primary N) is 1. The fraction of sp³-hybridized carbons (Fsp3) is 0.375. The normalized spacial score (nSPS) is 16.3. The second kappa shape index (κ2) is 13.2. The fourth-order valence-electron chi connectivity index (χ4n) is 5.71. The van der Waals surface area contributed by atoms with E-state index in [9.17, 15) is 8.42 Å². The lowest BCUT2D eigenvalue weighted by atomic mass is 9.90. The lowest BCUT2D eigenvalue weighted by molar-refractivity contribution is 0.165. The molecule has 1 aliphatic carbocycles. The number of allylic oxidation sites excluding steroid dienone is 1. The van der Waals surface area contributed by atoms with Crippen molar-refractivity contribution in [1.82, 2.24) is 20.1 Å². The summed E-state index contributed by atoms with van der Waals surface area (Å²) in [6.45, 7) is 6.83. The van der Waals surface area contributed by atoms with E-state index in [0.29, 0.717) is 45.7 Å². The molecule has 4 aromatic rings. The van der Waals surface area contributed by atoms with Gasteiger partial charge in [-0.05, 0) is 69.4 Å². The highest BCUT2D eigenvalue weighted by Crippen LogP contribution is 2.39. The Bertz CT molecular complexity index is 1810. The van der Waals surface area contributed by atoms with E-state index in [4.69, 9.17) is 27.2 Å². The first-order valence-corrected chi connectivity index (χ1v) is 16.6. The van der Waals surface area contributed by atoms with Crippen LogP contribution in [-0.4, -0.2) is 49.0 Å². The molecule has 2 heterocycles. The summed E-state index contributed by atoms with van der Waals surface area (Å²) >= 11 is 6.13. The third-order valence-electron chi connectivity index (χ3n) is 7.75. The van der Waals surface area contributed by atoms with Gasteiger partial charge in [-0.1, -0.05) is 41.9 Å². The van der Waals surface area contributed by atoms with Crippen LogP contribution in [0.3, 0.4) is 0 Å². The minimum absolute atomic E-state index is 0.0129. The smallest absolute Gasteiger partial charge is 0.237 e. The molecule has 44 heavy (non-hydrogen) atoms. The number of pyridine rings is 1. The van der Waals surface area contributed by atoms with E-state index in [1.807, 2.05) is 18.5 Å². The molecule has 0 amide bonds. The lowest BCUT2D eigenvalue weighted by Gasteiger charge is -2.26. The number of nitrogens with zero attached hydrogens (tertiary/aromatic N) is 3. The first-order valence-electron chi connectivity index (χ1n) is 14.6. The van der Waals surface area contributed by atoms with E-state index < -0.39 is 15.8 Å². The van der Waals surface area contributed by atoms with Crippen LogP contribution in [-0.2, 0) is 20.5 Å². The molecule has 4 N–H and O–H groups in total. The Morgan fingerprint density at radius 1 is 1.20 bits per heavy atom. The topological polar surface area (TPSA) is 124 Å². The number of hydrogen-bond acceptors (Lipinski definition) is 7. The summed E-state index contributed by atoms with van der Waals surface area (Å²) in [5.74, 6) is -0.836. The summed E-state index contributed by atoms with van der Waals surface area (Å²) in [4.78, 5) is 4.52. The van der Waals surface area contributed by atoms with Gasteiger partial charge in [-0.3, -0.25) is 9.40 Å². The number of rotatable bonds is 11. The van der Waals surface area contributed by atoms with E-state index in [-0.39, 0.29) is 23.5 Å². The Morgan fingerprint density at radius 3 is 2.64 bits per heavy atom. The second-order valence-corrected chi connectivity index (χ2v) is 13.7. The Morgan fingerprint density at radius 2 is 1.98 bits per heavy atom. The summed E-state index contributed by atoms with van der Waals surface area (Å²) in [7, 11) is -2.23. The number of benzene rings is 2. The molecule has 0 unspecified atom stereocenters. The van der Waals surface area contributed by atoms with Crippen molar-refractivity contribution in [3.05, 3.63) is 76.7 Å². The minimum Gasteiger partial charge on any atom is -0.383 e. The van der Waals surface area contributed by atoms with Crippen molar-refractivity contribution in [3.63, 3.8) is 0 Å². The average Bonchev–Trinajstić information content (AvgIpc) is 3.38. The predicted molar refractivity (Wildman–Crippen MR) is 176 cm³/mol. The zero-order valence-electron chi connectivity index (χ0n) is 25.3. The third kappa shape index (κ3) is 6.91. The minimum atomic E-state index is -3.93. The summed E-state index contributed by atoms with van der Waals surface area (Å²) < 4.78 is 50.6. The summed E-state index contributed by atoms with van der Waals surface area (Å²) in [6, 6.07) is 11.5. The van der Waals surface area contributed by atoms with Crippen LogP contribution in [0.2, 0.25) is 5.02 Å². The van der Waals surface area contributed by atoms with Gasteiger partial charge in [-0.15, -0.1) is 0 Å². The van der Waals surface area contributed by atoms with Crippen LogP contribution in [0.15, 0.2) is 54.7 Å². The summed E-state index contributed by atoms with van der Waals surface area (Å²) in [5, 5.41) is 9.47. The van der Waals surface area contributed by atoms with Crippen LogP contribution >= 0.6 is 11.6 Å². The number of aromatic nitrogens is 3. The van der Waals surface area contributed by atoms with Crippen molar-refractivity contribution in [2.24, 2.45) is 0 Å². The zero-order chi connectivity index (χ0) is 31.6. The molecule has 5 rings (SSSR count). The van der Waals surface area contributed by atoms with E-state index in [1.165, 1.54) is 17.7 Å². The fourth-order valence-corrected chi connectivity index (χ4v) is 7.22. The van der Waals surface area contributed by atoms with E-state index in [2.05, 4.69) is 28.0 Å². The van der Waals surface area contributed by atoms with Crippen LogP contribution in [0.5, 0.6) is 0 Å². The Kier molecular flexibility index (Phi) is 9.59. The van der Waals surface area contributed by atoms with E-state index in [0.717, 1.165) is 30.3 Å². The van der Waals surface area contributed by atoms with Crippen LogP contribution < -0.4 is 15.8 Å². The Labute approximate surface area is 262 Å². The monoisotopic (exact) mass is 640 g/mol. The number of anilines is 2. The molecule has 9 nitrogen and oxygen atoms in total. The highest BCUT2D eigenvalue weighted by Gasteiger charge is 2.25. The van der Waals surface area contributed by atoms with Gasteiger partial charge in [0.15, 0.2) is 0 Å². The quantitative estimate of drug-likeness (QED) is 0.170. The van der Waals surface area contributed by atoms with Crippen molar-refractivity contribution >= 4 is 49.6 Å². The van der Waals surface area contributed by atoms with Crippen molar-refractivity contribution in [2.75, 3.05) is 24.2 Å². The molecular weight excluding hydrogens is 603 g/mol. The van der Waals surface area contributed by atoms with Crippen molar-refractivity contribution in [2.45, 2.75) is 63.9 Å². The second-order valence-electron chi connectivity index (χ2n) is 11.5. The molecule has 2 aromatic carbocycles. The number of fused-ring (bicyclic) bond motifs is 1. The van der Waals surface area contributed by atoms with Crippen molar-refractivity contribution in [3.8, 4) is 11.3 Å². The third-order valence-corrected chi connectivity index (χ3v) is 9.34. The van der Waals surface area contributed by atoms with Crippen LogP contribution in [0.25, 0.3) is 27.7 Å². The zero-order valence-corrected chi connectivity index (χ0v) is 26.8. The molecule has 234 valence electrons. The average molecular weight is 641 g/mol. The molecule has 0 spiro atoms. The summed E-state index contributed by atoms with van der Waals surface area (Å²) in [5.41, 5.74) is 10.6. The maximum Gasteiger partial charge on any atom is 0.237 e. The molecular formula is C32H38ClFN6O3S. The van der Waals surface area contributed by atoms with Crippen LogP contribution in [0.1, 0.15) is 57.2 Å². The molecule has 0 fully saturated rings. The molecule has 2 atom stereocenters. The maximum atomic E-state index is 15.4. The van der Waals surface area contributed by atoms with Gasteiger partial charge >= 0.3 is 0 Å². The van der Waals surface area contributed by atoms with Gasteiger partial charge in [-0.2, -0.15) is 5.10 Å². The molecule has 0 saturated carbocycles. The van der Waals surface area contributed by atoms with Crippen LogP contribution in [0.4, 0.5) is 15.9 Å². The van der Waals surface area contributed by atoms with Crippen molar-refractivity contribution in [1.29, 1.82) is 0 Å². The van der Waals surface area contributed by atoms with Gasteiger partial charge in [0.2, 0.25) is 10.0 Å². The number of nitrogens with one attached hydrogen (secondary N) is 2. The molecule has 0 bridgehead atoms. The molecule has 12 heteroatoms. The van der Waals surface area contributed by atoms with Gasteiger partial charge in [0.05, 0.1) is 29.0 Å². The van der Waals surface area contributed by atoms with Gasteiger partial charge in [0.25, 0.3) is 0 Å². The van der Waals surface area contributed by atoms with E-state index >= 15 is 4.39 Å². The predicted octanol–water partition coefficient (Wildman–Crippen LogP) is 6.56. The molecule has 0 saturated heterocycles.